The molecule has 19 heavy (non-hydrogen) atoms. The number of allylic oxidation sites excluding steroid dienone is 1. The van der Waals surface area contributed by atoms with Crippen molar-refractivity contribution in [2.45, 2.75) is 45.6 Å². The van der Waals surface area contributed by atoms with Crippen molar-refractivity contribution >= 4 is 5.69 Å². The second kappa shape index (κ2) is 6.36. The fourth-order valence-electron chi connectivity index (χ4n) is 1.68. The molecule has 104 valence electrons. The van der Waals surface area contributed by atoms with Crippen molar-refractivity contribution in [2.24, 2.45) is 5.11 Å². The number of hydrogen-bond donors (Lipinski definition) is 1. The average Bonchev–Trinajstić information content (AvgIpc) is 2.31. The van der Waals surface area contributed by atoms with Gasteiger partial charge in [-0.05, 0) is 44.0 Å². The van der Waals surface area contributed by atoms with Crippen molar-refractivity contribution in [2.75, 3.05) is 0 Å². The van der Waals surface area contributed by atoms with Gasteiger partial charge >= 0.3 is 0 Å². The fourth-order valence-corrected chi connectivity index (χ4v) is 1.68. The van der Waals surface area contributed by atoms with Gasteiger partial charge in [-0.2, -0.15) is 0 Å². The number of aromatic hydroxyl groups is 1. The molecule has 1 rings (SSSR count). The predicted octanol–water partition coefficient (Wildman–Crippen LogP) is 4.51. The molecular weight excluding hydrogens is 240 g/mol. The third kappa shape index (κ3) is 5.12. The van der Waals surface area contributed by atoms with Crippen LogP contribution in [0, 0.1) is 5.21 Å². The van der Waals surface area contributed by atoms with E-state index in [4.69, 9.17) is 0 Å². The molecule has 0 saturated heterocycles. The minimum atomic E-state index is -0.548. The predicted molar refractivity (Wildman–Crippen MR) is 76.6 cm³/mol. The molecule has 4 nitrogen and oxygen atoms in total. The zero-order chi connectivity index (χ0) is 14.5. The summed E-state index contributed by atoms with van der Waals surface area (Å²) in [5.74, 6) is 0.164. The average molecular weight is 262 g/mol. The first-order valence-corrected chi connectivity index (χ1v) is 6.44. The molecule has 0 aliphatic carbocycles. The maximum Gasteiger partial charge on any atom is 0.194 e. The molecule has 0 unspecified atom stereocenters. The second-order valence-corrected chi connectivity index (χ2v) is 5.51. The smallest absolute Gasteiger partial charge is 0.194 e. The first kappa shape index (κ1) is 15.2. The molecule has 4 heteroatoms. The van der Waals surface area contributed by atoms with E-state index in [1.807, 2.05) is 20.8 Å². The number of rotatable bonds is 6. The molecule has 1 aromatic rings. The number of nitrogens with zero attached hydrogens (tertiary/aromatic N) is 2. The van der Waals surface area contributed by atoms with Crippen molar-refractivity contribution in [1.82, 2.24) is 0 Å². The molecule has 0 aliphatic heterocycles. The van der Waals surface area contributed by atoms with E-state index in [9.17, 15) is 10.3 Å². The highest BCUT2D eigenvalue weighted by molar-refractivity contribution is 5.39. The Labute approximate surface area is 114 Å². The van der Waals surface area contributed by atoms with Crippen LogP contribution in [0.1, 0.15) is 40.0 Å². The molecular formula is C15H22N2O2. The molecule has 1 aromatic carbocycles. The van der Waals surface area contributed by atoms with E-state index in [-0.39, 0.29) is 5.75 Å². The maximum absolute atomic E-state index is 12.1. The van der Waals surface area contributed by atoms with E-state index in [0.717, 1.165) is 29.7 Å². The standard InChI is InChI=1S/C15H22N2O2/c1-12(2)6-5-11-15(3,4)17(19)16-13-7-9-14(18)10-8-13/h7-10,18H,1,5-6,11H2,2-4H3. The van der Waals surface area contributed by atoms with Gasteiger partial charge in [-0.3, -0.25) is 0 Å². The first-order valence-electron chi connectivity index (χ1n) is 6.44. The third-order valence-electron chi connectivity index (χ3n) is 2.97. The Morgan fingerprint density at radius 3 is 2.47 bits per heavy atom. The molecule has 0 saturated carbocycles. The number of hydrogen-bond acceptors (Lipinski definition) is 3. The van der Waals surface area contributed by atoms with Crippen molar-refractivity contribution in [3.05, 3.63) is 41.6 Å². The molecule has 0 fully saturated rings. The number of azo groups is 1. The molecule has 0 atom stereocenters. The van der Waals surface area contributed by atoms with Crippen LogP contribution < -0.4 is 0 Å². The molecule has 0 bridgehead atoms. The fraction of sp³-hybridized carbons (Fsp3) is 0.467. The number of hydroxylamine groups is 1. The van der Waals surface area contributed by atoms with E-state index in [2.05, 4.69) is 11.7 Å². The Kier molecular flexibility index (Phi) is 5.10. The zero-order valence-electron chi connectivity index (χ0n) is 11.9. The van der Waals surface area contributed by atoms with Gasteiger partial charge in [0, 0.05) is 25.4 Å². The first-order chi connectivity index (χ1) is 8.81. The Morgan fingerprint density at radius 2 is 1.95 bits per heavy atom. The quantitative estimate of drug-likeness (QED) is 0.355. The molecule has 0 aliphatic rings. The van der Waals surface area contributed by atoms with E-state index in [1.165, 1.54) is 12.1 Å². The summed E-state index contributed by atoms with van der Waals surface area (Å²) in [4.78, 5) is 0.748. The van der Waals surface area contributed by atoms with Gasteiger partial charge in [0.25, 0.3) is 0 Å². The minimum Gasteiger partial charge on any atom is -0.599 e. The van der Waals surface area contributed by atoms with E-state index >= 15 is 0 Å². The van der Waals surface area contributed by atoms with Crippen LogP contribution in [0.4, 0.5) is 5.69 Å². The lowest BCUT2D eigenvalue weighted by Crippen LogP contribution is -2.31. The molecule has 0 spiro atoms. The van der Waals surface area contributed by atoms with Gasteiger partial charge in [0.15, 0.2) is 5.54 Å². The van der Waals surface area contributed by atoms with Crippen molar-refractivity contribution < 1.29 is 9.97 Å². The molecule has 1 N–H and O–H groups in total. The summed E-state index contributed by atoms with van der Waals surface area (Å²) in [5, 5.41) is 25.3. The largest absolute Gasteiger partial charge is 0.599 e. The lowest BCUT2D eigenvalue weighted by Gasteiger charge is -2.20. The van der Waals surface area contributed by atoms with E-state index in [1.54, 1.807) is 12.1 Å². The molecule has 0 heterocycles. The zero-order valence-corrected chi connectivity index (χ0v) is 11.9. The summed E-state index contributed by atoms with van der Waals surface area (Å²) < 4.78 is 0. The van der Waals surface area contributed by atoms with Crippen LogP contribution in [0.25, 0.3) is 0 Å². The normalized spacial score (nSPS) is 12.5. The summed E-state index contributed by atoms with van der Waals surface area (Å²) in [6, 6.07) is 6.26. The van der Waals surface area contributed by atoms with Gasteiger partial charge in [0.05, 0.1) is 0 Å². The summed E-state index contributed by atoms with van der Waals surface area (Å²) >= 11 is 0. The van der Waals surface area contributed by atoms with Gasteiger partial charge < -0.3 is 10.3 Å². The lowest BCUT2D eigenvalue weighted by molar-refractivity contribution is -0.600. The molecule has 0 amide bonds. The van der Waals surface area contributed by atoms with Gasteiger partial charge in [-0.1, -0.05) is 10.4 Å². The topological polar surface area (TPSA) is 58.7 Å². The van der Waals surface area contributed by atoms with Gasteiger partial charge in [-0.25, -0.2) is 0 Å². The van der Waals surface area contributed by atoms with E-state index < -0.39 is 5.54 Å². The third-order valence-corrected chi connectivity index (χ3v) is 2.97. The summed E-state index contributed by atoms with van der Waals surface area (Å²) in [5.41, 5.74) is 1.12. The summed E-state index contributed by atoms with van der Waals surface area (Å²) in [6.45, 7) is 9.60. The second-order valence-electron chi connectivity index (χ2n) is 5.51. The minimum absolute atomic E-state index is 0.164. The van der Waals surface area contributed by atoms with Gasteiger partial charge in [0.2, 0.25) is 0 Å². The SMILES string of the molecule is C=C(C)CCCC(C)(C)[N+]([O-])=Nc1ccc(O)cc1. The van der Waals surface area contributed by atoms with Gasteiger partial charge in [-0.15, -0.1) is 6.58 Å². The Hall–Kier alpha value is -1.84. The highest BCUT2D eigenvalue weighted by atomic mass is 16.5. The van der Waals surface area contributed by atoms with Gasteiger partial charge in [0.1, 0.15) is 11.4 Å². The van der Waals surface area contributed by atoms with Crippen molar-refractivity contribution in [3.63, 3.8) is 0 Å². The summed E-state index contributed by atoms with van der Waals surface area (Å²) in [6.07, 6.45) is 2.60. The number of phenols is 1. The van der Waals surface area contributed by atoms with Crippen LogP contribution in [0.2, 0.25) is 0 Å². The van der Waals surface area contributed by atoms with Crippen molar-refractivity contribution in [3.8, 4) is 5.75 Å². The molecule has 0 radical (unpaired) electrons. The highest BCUT2D eigenvalue weighted by Gasteiger charge is 2.27. The molecule has 0 aromatic heterocycles. The Bertz CT molecular complexity index is 462. The maximum atomic E-state index is 12.1. The van der Waals surface area contributed by atoms with Crippen LogP contribution in [-0.4, -0.2) is 15.5 Å². The number of benzene rings is 1. The van der Waals surface area contributed by atoms with Crippen LogP contribution in [0.3, 0.4) is 0 Å². The van der Waals surface area contributed by atoms with Crippen molar-refractivity contribution in [1.29, 1.82) is 0 Å². The van der Waals surface area contributed by atoms with Crippen LogP contribution >= 0.6 is 0 Å². The highest BCUT2D eigenvalue weighted by Crippen LogP contribution is 2.23. The number of phenolic OH excluding ortho intramolecular Hbond substituents is 1. The van der Waals surface area contributed by atoms with Crippen LogP contribution in [-0.2, 0) is 0 Å². The monoisotopic (exact) mass is 262 g/mol. The van der Waals surface area contributed by atoms with E-state index in [0.29, 0.717) is 5.69 Å². The Morgan fingerprint density at radius 1 is 1.37 bits per heavy atom. The lowest BCUT2D eigenvalue weighted by atomic mass is 9.97. The summed E-state index contributed by atoms with van der Waals surface area (Å²) in [7, 11) is 0. The van der Waals surface area contributed by atoms with Crippen LogP contribution in [0.15, 0.2) is 41.5 Å². The Balaban J connectivity index is 2.70. The van der Waals surface area contributed by atoms with Crippen LogP contribution in [0.5, 0.6) is 5.75 Å².